The lowest BCUT2D eigenvalue weighted by atomic mass is 9.92. The van der Waals surface area contributed by atoms with Crippen molar-refractivity contribution in [2.75, 3.05) is 20.2 Å². The zero-order chi connectivity index (χ0) is 19.3. The van der Waals surface area contributed by atoms with E-state index in [9.17, 15) is 19.2 Å². The van der Waals surface area contributed by atoms with Crippen LogP contribution < -0.4 is 20.7 Å². The van der Waals surface area contributed by atoms with E-state index in [1.165, 1.54) is 13.2 Å². The molecule has 6 amide bonds. The summed E-state index contributed by atoms with van der Waals surface area (Å²) >= 11 is 0. The minimum Gasteiger partial charge on any atom is -0.497 e. The molecule has 1 unspecified atom stereocenters. The van der Waals surface area contributed by atoms with Crippen LogP contribution >= 0.6 is 0 Å². The highest BCUT2D eigenvalue weighted by Crippen LogP contribution is 2.29. The van der Waals surface area contributed by atoms with E-state index in [1.807, 2.05) is 5.32 Å². The molecular formula is C17H20N4O5. The molecule has 1 heterocycles. The molecule has 9 nitrogen and oxygen atoms in total. The van der Waals surface area contributed by atoms with Crippen LogP contribution in [0.3, 0.4) is 0 Å². The van der Waals surface area contributed by atoms with Gasteiger partial charge in [0.15, 0.2) is 0 Å². The summed E-state index contributed by atoms with van der Waals surface area (Å²) in [7, 11) is 1.52. The van der Waals surface area contributed by atoms with Gasteiger partial charge in [-0.05, 0) is 24.6 Å². The van der Waals surface area contributed by atoms with E-state index < -0.39 is 36.0 Å². The van der Waals surface area contributed by atoms with Crippen molar-refractivity contribution >= 4 is 23.9 Å². The van der Waals surface area contributed by atoms with Crippen molar-refractivity contribution in [3.63, 3.8) is 0 Å². The molecule has 2 rings (SSSR count). The van der Waals surface area contributed by atoms with Gasteiger partial charge in [0.05, 0.1) is 7.11 Å². The van der Waals surface area contributed by atoms with E-state index in [2.05, 4.69) is 17.2 Å². The third kappa shape index (κ3) is 3.82. The maximum Gasteiger partial charge on any atom is 0.325 e. The SMILES string of the molecule is C=CCNC(=O)NC(=O)CN1C(=O)NC(C)(c2ccc(OC)cc2)C1=O. The summed E-state index contributed by atoms with van der Waals surface area (Å²) in [5.74, 6) is -0.765. The van der Waals surface area contributed by atoms with Crippen molar-refractivity contribution in [1.29, 1.82) is 0 Å². The van der Waals surface area contributed by atoms with Crippen molar-refractivity contribution in [2.24, 2.45) is 0 Å². The second kappa shape index (κ2) is 7.68. The summed E-state index contributed by atoms with van der Waals surface area (Å²) in [6.45, 7) is 4.58. The van der Waals surface area contributed by atoms with Crippen LogP contribution in [-0.4, -0.2) is 49.0 Å². The number of amides is 6. The fourth-order valence-electron chi connectivity index (χ4n) is 2.48. The van der Waals surface area contributed by atoms with Crippen LogP contribution in [-0.2, 0) is 15.1 Å². The van der Waals surface area contributed by atoms with E-state index in [0.29, 0.717) is 11.3 Å². The average Bonchev–Trinajstić information content (AvgIpc) is 2.84. The highest BCUT2D eigenvalue weighted by Gasteiger charge is 2.49. The fourth-order valence-corrected chi connectivity index (χ4v) is 2.48. The van der Waals surface area contributed by atoms with Crippen molar-refractivity contribution < 1.29 is 23.9 Å². The Morgan fingerprint density at radius 3 is 2.54 bits per heavy atom. The topological polar surface area (TPSA) is 117 Å². The summed E-state index contributed by atoms with van der Waals surface area (Å²) in [5.41, 5.74) is -0.766. The number of nitrogens with zero attached hydrogens (tertiary/aromatic N) is 1. The molecule has 1 aliphatic heterocycles. The molecule has 3 N–H and O–H groups in total. The summed E-state index contributed by atoms with van der Waals surface area (Å²) in [5, 5.41) is 6.98. The zero-order valence-corrected chi connectivity index (χ0v) is 14.5. The van der Waals surface area contributed by atoms with Gasteiger partial charge in [0.25, 0.3) is 5.91 Å². The third-order valence-electron chi connectivity index (χ3n) is 3.90. The van der Waals surface area contributed by atoms with Crippen molar-refractivity contribution in [1.82, 2.24) is 20.9 Å². The average molecular weight is 360 g/mol. The minimum absolute atomic E-state index is 0.178. The number of methoxy groups -OCH3 is 1. The predicted octanol–water partition coefficient (Wildman–Crippen LogP) is 0.474. The minimum atomic E-state index is -1.31. The normalized spacial score (nSPS) is 18.9. The van der Waals surface area contributed by atoms with Crippen LogP contribution in [0.5, 0.6) is 5.75 Å². The number of nitrogens with one attached hydrogen (secondary N) is 3. The maximum absolute atomic E-state index is 12.7. The number of carbonyl (C=O) groups excluding carboxylic acids is 4. The first-order valence-corrected chi connectivity index (χ1v) is 7.79. The van der Waals surface area contributed by atoms with E-state index in [-0.39, 0.29) is 6.54 Å². The number of hydrogen-bond acceptors (Lipinski definition) is 5. The van der Waals surface area contributed by atoms with Gasteiger partial charge in [0.2, 0.25) is 5.91 Å². The van der Waals surface area contributed by atoms with Crippen LogP contribution in [0.1, 0.15) is 12.5 Å². The van der Waals surface area contributed by atoms with Crippen LogP contribution in [0.2, 0.25) is 0 Å². The second-order valence-electron chi connectivity index (χ2n) is 5.72. The molecule has 1 aromatic carbocycles. The fraction of sp³-hybridized carbons (Fsp3) is 0.294. The molecule has 0 spiro atoms. The van der Waals surface area contributed by atoms with Crippen LogP contribution in [0.4, 0.5) is 9.59 Å². The Kier molecular flexibility index (Phi) is 5.61. The number of rotatable bonds is 6. The van der Waals surface area contributed by atoms with Crippen molar-refractivity contribution in [2.45, 2.75) is 12.5 Å². The van der Waals surface area contributed by atoms with Gasteiger partial charge in [-0.3, -0.25) is 19.8 Å². The van der Waals surface area contributed by atoms with Gasteiger partial charge in [0.1, 0.15) is 17.8 Å². The molecule has 0 radical (unpaired) electrons. The predicted molar refractivity (Wildman–Crippen MR) is 92.3 cm³/mol. The molecule has 0 aromatic heterocycles. The number of urea groups is 2. The molecule has 0 saturated carbocycles. The van der Waals surface area contributed by atoms with E-state index in [1.54, 1.807) is 31.2 Å². The van der Waals surface area contributed by atoms with Gasteiger partial charge < -0.3 is 15.4 Å². The highest BCUT2D eigenvalue weighted by atomic mass is 16.5. The maximum atomic E-state index is 12.7. The molecular weight excluding hydrogens is 340 g/mol. The summed E-state index contributed by atoms with van der Waals surface area (Å²) in [6.07, 6.45) is 1.45. The molecule has 1 aromatic rings. The summed E-state index contributed by atoms with van der Waals surface area (Å²) in [4.78, 5) is 49.0. The Labute approximate surface area is 150 Å². The lowest BCUT2D eigenvalue weighted by Gasteiger charge is -2.22. The first-order valence-electron chi connectivity index (χ1n) is 7.79. The summed E-state index contributed by atoms with van der Waals surface area (Å²) in [6, 6.07) is 5.19. The second-order valence-corrected chi connectivity index (χ2v) is 5.72. The Balaban J connectivity index is 2.08. The first kappa shape index (κ1) is 19.0. The number of imide groups is 2. The Morgan fingerprint density at radius 1 is 1.31 bits per heavy atom. The molecule has 1 aliphatic rings. The largest absolute Gasteiger partial charge is 0.497 e. The quantitative estimate of drug-likeness (QED) is 0.504. The molecule has 1 fully saturated rings. The van der Waals surface area contributed by atoms with Gasteiger partial charge in [-0.1, -0.05) is 18.2 Å². The molecule has 0 aliphatic carbocycles. The molecule has 1 saturated heterocycles. The van der Waals surface area contributed by atoms with Crippen LogP contribution in [0.25, 0.3) is 0 Å². The molecule has 1 atom stereocenters. The molecule has 138 valence electrons. The molecule has 0 bridgehead atoms. The van der Waals surface area contributed by atoms with E-state index in [0.717, 1.165) is 4.90 Å². The standard InChI is InChI=1S/C17H20N4O5/c1-4-9-18-15(24)19-13(22)10-21-14(23)17(2,20-16(21)25)11-5-7-12(26-3)8-6-11/h4-8H,1,9-10H2,2-3H3,(H,20,25)(H2,18,19,22,24). The smallest absolute Gasteiger partial charge is 0.325 e. The van der Waals surface area contributed by atoms with Gasteiger partial charge in [-0.2, -0.15) is 0 Å². The van der Waals surface area contributed by atoms with Crippen LogP contribution in [0, 0.1) is 0 Å². The van der Waals surface area contributed by atoms with Gasteiger partial charge in [0, 0.05) is 6.54 Å². The molecule has 9 heteroatoms. The summed E-state index contributed by atoms with van der Waals surface area (Å²) < 4.78 is 5.07. The lowest BCUT2D eigenvalue weighted by Crippen LogP contribution is -2.46. The monoisotopic (exact) mass is 360 g/mol. The number of hydrogen-bond donors (Lipinski definition) is 3. The van der Waals surface area contributed by atoms with Crippen LogP contribution in [0.15, 0.2) is 36.9 Å². The van der Waals surface area contributed by atoms with Crippen molar-refractivity contribution in [3.05, 3.63) is 42.5 Å². The van der Waals surface area contributed by atoms with Crippen molar-refractivity contribution in [3.8, 4) is 5.75 Å². The van der Waals surface area contributed by atoms with Gasteiger partial charge >= 0.3 is 12.1 Å². The Hall–Kier alpha value is -3.36. The van der Waals surface area contributed by atoms with E-state index in [4.69, 9.17) is 4.74 Å². The van der Waals surface area contributed by atoms with E-state index >= 15 is 0 Å². The third-order valence-corrected chi connectivity index (χ3v) is 3.90. The Morgan fingerprint density at radius 2 is 1.96 bits per heavy atom. The Bertz CT molecular complexity index is 746. The molecule has 26 heavy (non-hydrogen) atoms. The zero-order valence-electron chi connectivity index (χ0n) is 14.5. The van der Waals surface area contributed by atoms with Gasteiger partial charge in [-0.15, -0.1) is 6.58 Å². The number of ether oxygens (including phenoxy) is 1. The highest BCUT2D eigenvalue weighted by molar-refractivity contribution is 6.10. The lowest BCUT2D eigenvalue weighted by molar-refractivity contribution is -0.134. The number of benzene rings is 1. The van der Waals surface area contributed by atoms with Gasteiger partial charge in [-0.25, -0.2) is 9.59 Å². The first-order chi connectivity index (χ1) is 12.3. The number of carbonyl (C=O) groups is 4.